The van der Waals surface area contributed by atoms with Gasteiger partial charge in [0, 0.05) is 10.2 Å². The second-order valence-corrected chi connectivity index (χ2v) is 7.14. The highest BCUT2D eigenvalue weighted by Crippen LogP contribution is 2.23. The second-order valence-electron chi connectivity index (χ2n) is 4.58. The molecule has 0 heterocycles. The standard InChI is InChI=1S/C15H16BrNO2S/c1-3-12-10-13(16)6-9-15(12)20(18,19)17-14-7-4-11(2)5-8-14/h4-10,17H,3H2,1-2H3. The van der Waals surface area contributed by atoms with Gasteiger partial charge in [-0.3, -0.25) is 4.72 Å². The zero-order chi connectivity index (χ0) is 14.8. The predicted octanol–water partition coefficient (Wildman–Crippen LogP) is 4.12. The van der Waals surface area contributed by atoms with Crippen molar-refractivity contribution in [2.75, 3.05) is 4.72 Å². The molecule has 0 aliphatic heterocycles. The summed E-state index contributed by atoms with van der Waals surface area (Å²) < 4.78 is 28.4. The molecule has 2 aromatic carbocycles. The van der Waals surface area contributed by atoms with E-state index in [1.54, 1.807) is 24.3 Å². The molecule has 2 aromatic rings. The first-order valence-electron chi connectivity index (χ1n) is 6.30. The minimum Gasteiger partial charge on any atom is -0.280 e. The van der Waals surface area contributed by atoms with Crippen LogP contribution in [0.3, 0.4) is 0 Å². The summed E-state index contributed by atoms with van der Waals surface area (Å²) >= 11 is 3.36. The molecule has 0 atom stereocenters. The van der Waals surface area contributed by atoms with E-state index in [9.17, 15) is 8.42 Å². The summed E-state index contributed by atoms with van der Waals surface area (Å²) in [6.45, 7) is 3.90. The van der Waals surface area contributed by atoms with Gasteiger partial charge in [-0.1, -0.05) is 40.5 Å². The molecule has 1 N–H and O–H groups in total. The van der Waals surface area contributed by atoms with Crippen LogP contribution < -0.4 is 4.72 Å². The Hall–Kier alpha value is -1.33. The van der Waals surface area contributed by atoms with Crippen molar-refractivity contribution in [3.8, 4) is 0 Å². The molecule has 0 saturated heterocycles. The van der Waals surface area contributed by atoms with Gasteiger partial charge in [0.25, 0.3) is 10.0 Å². The number of anilines is 1. The Morgan fingerprint density at radius 2 is 1.75 bits per heavy atom. The number of halogens is 1. The zero-order valence-electron chi connectivity index (χ0n) is 11.4. The molecule has 0 spiro atoms. The number of hydrogen-bond donors (Lipinski definition) is 1. The third-order valence-electron chi connectivity index (χ3n) is 3.00. The maximum Gasteiger partial charge on any atom is 0.262 e. The molecule has 0 radical (unpaired) electrons. The van der Waals surface area contributed by atoms with Crippen molar-refractivity contribution in [2.45, 2.75) is 25.2 Å². The smallest absolute Gasteiger partial charge is 0.262 e. The lowest BCUT2D eigenvalue weighted by molar-refractivity contribution is 0.600. The average molecular weight is 354 g/mol. The number of rotatable bonds is 4. The van der Waals surface area contributed by atoms with E-state index in [1.807, 2.05) is 32.0 Å². The average Bonchev–Trinajstić information content (AvgIpc) is 2.40. The number of benzene rings is 2. The number of aryl methyl sites for hydroxylation is 2. The largest absolute Gasteiger partial charge is 0.280 e. The van der Waals surface area contributed by atoms with Crippen LogP contribution in [-0.4, -0.2) is 8.42 Å². The number of hydrogen-bond acceptors (Lipinski definition) is 2. The molecule has 0 aliphatic carbocycles. The van der Waals surface area contributed by atoms with E-state index in [-0.39, 0.29) is 0 Å². The third kappa shape index (κ3) is 3.41. The Morgan fingerprint density at radius 3 is 2.35 bits per heavy atom. The lowest BCUT2D eigenvalue weighted by Crippen LogP contribution is -2.14. The highest BCUT2D eigenvalue weighted by atomic mass is 79.9. The Bertz CT molecular complexity index is 709. The molecular weight excluding hydrogens is 338 g/mol. The van der Waals surface area contributed by atoms with Crippen LogP contribution in [0, 0.1) is 6.92 Å². The van der Waals surface area contributed by atoms with E-state index in [1.165, 1.54) is 0 Å². The molecule has 0 unspecified atom stereocenters. The SMILES string of the molecule is CCc1cc(Br)ccc1S(=O)(=O)Nc1ccc(C)cc1. The molecule has 0 amide bonds. The van der Waals surface area contributed by atoms with Gasteiger partial charge in [-0.25, -0.2) is 8.42 Å². The monoisotopic (exact) mass is 353 g/mol. The van der Waals surface area contributed by atoms with Crippen molar-refractivity contribution in [2.24, 2.45) is 0 Å². The minimum absolute atomic E-state index is 0.323. The third-order valence-corrected chi connectivity index (χ3v) is 4.97. The van der Waals surface area contributed by atoms with Gasteiger partial charge in [-0.15, -0.1) is 0 Å². The quantitative estimate of drug-likeness (QED) is 0.898. The van der Waals surface area contributed by atoms with Crippen molar-refractivity contribution in [3.05, 3.63) is 58.1 Å². The topological polar surface area (TPSA) is 46.2 Å². The fourth-order valence-corrected chi connectivity index (χ4v) is 3.68. The summed E-state index contributed by atoms with van der Waals surface area (Å²) in [4.78, 5) is 0.323. The Kier molecular flexibility index (Phi) is 4.50. The van der Waals surface area contributed by atoms with E-state index < -0.39 is 10.0 Å². The maximum absolute atomic E-state index is 12.5. The lowest BCUT2D eigenvalue weighted by Gasteiger charge is -2.12. The molecule has 0 aliphatic rings. The van der Waals surface area contributed by atoms with Gasteiger partial charge in [0.1, 0.15) is 0 Å². The highest BCUT2D eigenvalue weighted by Gasteiger charge is 2.18. The van der Waals surface area contributed by atoms with Crippen molar-refractivity contribution in [3.63, 3.8) is 0 Å². The number of nitrogens with one attached hydrogen (secondary N) is 1. The van der Waals surface area contributed by atoms with Crippen molar-refractivity contribution in [1.82, 2.24) is 0 Å². The Balaban J connectivity index is 2.38. The van der Waals surface area contributed by atoms with E-state index in [2.05, 4.69) is 20.7 Å². The maximum atomic E-state index is 12.5. The molecule has 0 fully saturated rings. The van der Waals surface area contributed by atoms with Gasteiger partial charge in [-0.05, 0) is 49.2 Å². The fraction of sp³-hybridized carbons (Fsp3) is 0.200. The van der Waals surface area contributed by atoms with Gasteiger partial charge in [0.15, 0.2) is 0 Å². The van der Waals surface area contributed by atoms with E-state index in [0.717, 1.165) is 15.6 Å². The van der Waals surface area contributed by atoms with Gasteiger partial charge < -0.3 is 0 Å². The Labute approximate surface area is 128 Å². The molecule has 106 valence electrons. The predicted molar refractivity (Wildman–Crippen MR) is 85.5 cm³/mol. The van der Waals surface area contributed by atoms with Crippen LogP contribution in [-0.2, 0) is 16.4 Å². The van der Waals surface area contributed by atoms with Crippen LogP contribution in [0.25, 0.3) is 0 Å². The van der Waals surface area contributed by atoms with Crippen molar-refractivity contribution in [1.29, 1.82) is 0 Å². The van der Waals surface area contributed by atoms with Gasteiger partial charge >= 0.3 is 0 Å². The van der Waals surface area contributed by atoms with E-state index in [0.29, 0.717) is 17.0 Å². The van der Waals surface area contributed by atoms with E-state index >= 15 is 0 Å². The van der Waals surface area contributed by atoms with Gasteiger partial charge in [0.05, 0.1) is 4.90 Å². The summed E-state index contributed by atoms with van der Waals surface area (Å²) in [5.41, 5.74) is 2.45. The van der Waals surface area contributed by atoms with Gasteiger partial charge in [-0.2, -0.15) is 0 Å². The molecule has 3 nitrogen and oxygen atoms in total. The van der Waals surface area contributed by atoms with Gasteiger partial charge in [0.2, 0.25) is 0 Å². The summed E-state index contributed by atoms with van der Waals surface area (Å²) in [6.07, 6.45) is 0.656. The first-order chi connectivity index (χ1) is 9.42. The van der Waals surface area contributed by atoms with Crippen molar-refractivity contribution < 1.29 is 8.42 Å². The summed E-state index contributed by atoms with van der Waals surface area (Å²) in [5.74, 6) is 0. The molecule has 0 saturated carbocycles. The Morgan fingerprint density at radius 1 is 1.10 bits per heavy atom. The van der Waals surface area contributed by atoms with Crippen LogP contribution in [0.5, 0.6) is 0 Å². The summed E-state index contributed by atoms with van der Waals surface area (Å²) in [5, 5.41) is 0. The molecular formula is C15H16BrNO2S. The van der Waals surface area contributed by atoms with Crippen LogP contribution in [0.1, 0.15) is 18.1 Å². The zero-order valence-corrected chi connectivity index (χ0v) is 13.8. The van der Waals surface area contributed by atoms with Crippen molar-refractivity contribution >= 4 is 31.6 Å². The second kappa shape index (κ2) is 5.97. The van der Waals surface area contributed by atoms with E-state index in [4.69, 9.17) is 0 Å². The molecule has 5 heteroatoms. The minimum atomic E-state index is -3.56. The van der Waals surface area contributed by atoms with Crippen LogP contribution >= 0.6 is 15.9 Å². The van der Waals surface area contributed by atoms with Crippen LogP contribution in [0.4, 0.5) is 5.69 Å². The summed E-state index contributed by atoms with van der Waals surface area (Å²) in [7, 11) is -3.56. The molecule has 0 aromatic heterocycles. The molecule has 20 heavy (non-hydrogen) atoms. The van der Waals surface area contributed by atoms with Crippen LogP contribution in [0.15, 0.2) is 51.8 Å². The first-order valence-corrected chi connectivity index (χ1v) is 8.58. The van der Waals surface area contributed by atoms with Crippen LogP contribution in [0.2, 0.25) is 0 Å². The lowest BCUT2D eigenvalue weighted by atomic mass is 10.2. The first kappa shape index (κ1) is 15.1. The summed E-state index contributed by atoms with van der Waals surface area (Å²) in [6, 6.07) is 12.5. The fourth-order valence-electron chi connectivity index (χ4n) is 1.92. The molecule has 2 rings (SSSR count). The number of sulfonamides is 1. The normalized spacial score (nSPS) is 11.3. The highest BCUT2D eigenvalue weighted by molar-refractivity contribution is 9.10. The molecule has 0 bridgehead atoms.